The molecule has 3 aromatic rings. The van der Waals surface area contributed by atoms with Crippen molar-refractivity contribution >= 4 is 49.2 Å². The van der Waals surface area contributed by atoms with Crippen LogP contribution in [0.4, 0.5) is 5.69 Å². The molecule has 0 aliphatic carbocycles. The van der Waals surface area contributed by atoms with E-state index in [-0.39, 0.29) is 33.4 Å². The van der Waals surface area contributed by atoms with E-state index in [0.717, 1.165) is 0 Å². The lowest BCUT2D eigenvalue weighted by Crippen LogP contribution is -2.46. The van der Waals surface area contributed by atoms with E-state index in [2.05, 4.69) is 24.6 Å². The number of aromatic nitrogens is 2. The van der Waals surface area contributed by atoms with Gasteiger partial charge in [-0.15, -0.1) is 12.4 Å². The lowest BCUT2D eigenvalue weighted by Gasteiger charge is -2.31. The summed E-state index contributed by atoms with van der Waals surface area (Å²) in [6, 6.07) is 10.1. The second-order valence-electron chi connectivity index (χ2n) is 6.73. The zero-order chi connectivity index (χ0) is 20.6. The topological polar surface area (TPSA) is 126 Å². The summed E-state index contributed by atoms with van der Waals surface area (Å²) in [4.78, 5) is 2.10. The van der Waals surface area contributed by atoms with Crippen LogP contribution in [0.5, 0.6) is 0 Å². The van der Waals surface area contributed by atoms with Crippen LogP contribution in [0.2, 0.25) is 0 Å². The normalized spacial score (nSPS) is 16.3. The second-order valence-corrected chi connectivity index (χ2v) is 10.3. The van der Waals surface area contributed by atoms with Crippen molar-refractivity contribution in [1.29, 1.82) is 0 Å². The van der Waals surface area contributed by atoms with Crippen molar-refractivity contribution in [2.24, 2.45) is 0 Å². The highest BCUT2D eigenvalue weighted by Gasteiger charge is 2.27. The van der Waals surface area contributed by atoms with Gasteiger partial charge in [0.2, 0.25) is 10.0 Å². The van der Waals surface area contributed by atoms with Crippen molar-refractivity contribution in [1.82, 2.24) is 19.5 Å². The summed E-state index contributed by atoms with van der Waals surface area (Å²) in [5, 5.41) is 7.27. The van der Waals surface area contributed by atoms with Gasteiger partial charge in [0.25, 0.3) is 10.0 Å². The number of sulfonamides is 2. The summed E-state index contributed by atoms with van der Waals surface area (Å²) in [6.07, 6.45) is 0. The van der Waals surface area contributed by atoms with Gasteiger partial charge in [0, 0.05) is 31.9 Å². The Hall–Kier alpha value is -2.25. The third-order valence-electron chi connectivity index (χ3n) is 4.75. The van der Waals surface area contributed by atoms with Crippen LogP contribution in [0.1, 0.15) is 0 Å². The average Bonchev–Trinajstić information content (AvgIpc) is 3.17. The van der Waals surface area contributed by atoms with E-state index in [1.54, 1.807) is 6.07 Å². The minimum Gasteiger partial charge on any atom is -0.304 e. The first-order chi connectivity index (χ1) is 13.8. The number of fused-ring (bicyclic) bond motifs is 1. The molecule has 0 radical (unpaired) electrons. The number of benzene rings is 2. The van der Waals surface area contributed by atoms with Crippen LogP contribution in [-0.2, 0) is 20.0 Å². The molecule has 1 aliphatic heterocycles. The number of anilines is 1. The Bertz CT molecular complexity index is 1240. The van der Waals surface area contributed by atoms with Gasteiger partial charge < -0.3 is 4.90 Å². The molecular weight excluding hydrogens is 454 g/mol. The number of rotatable bonds is 5. The molecule has 1 N–H and O–H groups in total. The van der Waals surface area contributed by atoms with Crippen LogP contribution in [0.15, 0.2) is 56.9 Å². The fourth-order valence-electron chi connectivity index (χ4n) is 3.08. The van der Waals surface area contributed by atoms with Crippen LogP contribution >= 0.6 is 12.4 Å². The minimum atomic E-state index is -3.96. The van der Waals surface area contributed by atoms with Gasteiger partial charge >= 0.3 is 0 Å². The second kappa shape index (κ2) is 8.47. The monoisotopic (exact) mass is 473 g/mol. The molecule has 0 amide bonds. The minimum absolute atomic E-state index is 0. The first kappa shape index (κ1) is 22.4. The van der Waals surface area contributed by atoms with E-state index in [4.69, 9.17) is 0 Å². The van der Waals surface area contributed by atoms with Crippen molar-refractivity contribution in [2.75, 3.05) is 37.9 Å². The largest absolute Gasteiger partial charge is 0.304 e. The molecule has 0 saturated carbocycles. The number of halogens is 1. The third kappa shape index (κ3) is 4.27. The van der Waals surface area contributed by atoms with Gasteiger partial charge in [0.05, 0.1) is 4.90 Å². The highest BCUT2D eigenvalue weighted by molar-refractivity contribution is 7.93. The van der Waals surface area contributed by atoms with Gasteiger partial charge in [-0.25, -0.2) is 21.5 Å². The van der Waals surface area contributed by atoms with Crippen molar-refractivity contribution < 1.29 is 21.5 Å². The smallest absolute Gasteiger partial charge is 0.264 e. The molecule has 0 spiro atoms. The molecule has 10 nitrogen and oxygen atoms in total. The van der Waals surface area contributed by atoms with Crippen molar-refractivity contribution in [3.8, 4) is 0 Å². The fourth-order valence-corrected chi connectivity index (χ4v) is 5.71. The van der Waals surface area contributed by atoms with Crippen LogP contribution in [0, 0.1) is 0 Å². The van der Waals surface area contributed by atoms with E-state index in [1.807, 2.05) is 7.05 Å². The number of hydrogen-bond acceptors (Lipinski definition) is 8. The Morgan fingerprint density at radius 1 is 0.933 bits per heavy atom. The SMILES string of the molecule is CN1CCN(S(=O)(=O)c2ccc(NS(=O)(=O)c3cccc4nonc34)cc2)CC1.Cl. The molecular formula is C17H20ClN5O5S2. The molecule has 2 aromatic carbocycles. The zero-order valence-electron chi connectivity index (χ0n) is 15.9. The maximum absolute atomic E-state index is 12.8. The predicted octanol–water partition coefficient (Wildman–Crippen LogP) is 1.38. The molecule has 1 fully saturated rings. The van der Waals surface area contributed by atoms with Crippen LogP contribution in [-0.4, -0.2) is 69.6 Å². The average molecular weight is 474 g/mol. The number of nitrogens with one attached hydrogen (secondary N) is 1. The Morgan fingerprint density at radius 2 is 1.60 bits per heavy atom. The van der Waals surface area contributed by atoms with E-state index in [9.17, 15) is 16.8 Å². The first-order valence-corrected chi connectivity index (χ1v) is 11.7. The number of piperazine rings is 1. The first-order valence-electron chi connectivity index (χ1n) is 8.80. The van der Waals surface area contributed by atoms with Crippen molar-refractivity contribution in [3.05, 3.63) is 42.5 Å². The lowest BCUT2D eigenvalue weighted by atomic mass is 10.3. The van der Waals surface area contributed by atoms with Gasteiger partial charge in [0.1, 0.15) is 10.4 Å². The summed E-state index contributed by atoms with van der Waals surface area (Å²) in [5.41, 5.74) is 0.673. The Morgan fingerprint density at radius 3 is 2.27 bits per heavy atom. The van der Waals surface area contributed by atoms with Gasteiger partial charge in [0.15, 0.2) is 5.52 Å². The Labute approximate surface area is 180 Å². The Balaban J connectivity index is 0.00000256. The van der Waals surface area contributed by atoms with Gasteiger partial charge in [-0.2, -0.15) is 4.31 Å². The zero-order valence-corrected chi connectivity index (χ0v) is 18.4. The number of likely N-dealkylation sites (N-methyl/N-ethyl adjacent to an activating group) is 1. The highest BCUT2D eigenvalue weighted by Crippen LogP contribution is 2.24. The third-order valence-corrected chi connectivity index (χ3v) is 8.07. The molecule has 0 unspecified atom stereocenters. The van der Waals surface area contributed by atoms with Crippen molar-refractivity contribution in [3.63, 3.8) is 0 Å². The van der Waals surface area contributed by atoms with Gasteiger partial charge in [-0.1, -0.05) is 6.07 Å². The van der Waals surface area contributed by atoms with Crippen molar-refractivity contribution in [2.45, 2.75) is 9.79 Å². The number of hydrogen-bond donors (Lipinski definition) is 1. The predicted molar refractivity (Wildman–Crippen MR) is 113 cm³/mol. The lowest BCUT2D eigenvalue weighted by molar-refractivity contribution is 0.222. The fraction of sp³-hybridized carbons (Fsp3) is 0.294. The Kier molecular flexibility index (Phi) is 6.34. The highest BCUT2D eigenvalue weighted by atomic mass is 35.5. The molecule has 30 heavy (non-hydrogen) atoms. The molecule has 0 atom stereocenters. The quantitative estimate of drug-likeness (QED) is 0.589. The molecule has 0 bridgehead atoms. The molecule has 1 aromatic heterocycles. The summed E-state index contributed by atoms with van der Waals surface area (Å²) in [7, 11) is -5.64. The molecule has 1 saturated heterocycles. The molecule has 162 valence electrons. The summed E-state index contributed by atoms with van der Waals surface area (Å²) in [6.45, 7) is 2.17. The van der Waals surface area contributed by atoms with Crippen LogP contribution in [0.25, 0.3) is 11.0 Å². The maximum Gasteiger partial charge on any atom is 0.264 e. The van der Waals surface area contributed by atoms with E-state index < -0.39 is 20.0 Å². The molecule has 1 aliphatic rings. The van der Waals surface area contributed by atoms with Crippen LogP contribution < -0.4 is 4.72 Å². The van der Waals surface area contributed by atoms with E-state index >= 15 is 0 Å². The van der Waals surface area contributed by atoms with Crippen LogP contribution in [0.3, 0.4) is 0 Å². The summed E-state index contributed by atoms with van der Waals surface area (Å²) in [5.74, 6) is 0. The molecule has 13 heteroatoms. The summed E-state index contributed by atoms with van der Waals surface area (Å²) < 4.78 is 59.5. The van der Waals surface area contributed by atoms with E-state index in [1.165, 1.54) is 40.7 Å². The van der Waals surface area contributed by atoms with Gasteiger partial charge in [-0.05, 0) is 53.8 Å². The van der Waals surface area contributed by atoms with E-state index in [0.29, 0.717) is 31.7 Å². The van der Waals surface area contributed by atoms with Gasteiger partial charge in [-0.3, -0.25) is 4.72 Å². The maximum atomic E-state index is 12.8. The molecule has 4 rings (SSSR count). The standard InChI is InChI=1S/C17H19N5O5S2.ClH/c1-21-9-11-22(12-10-21)29(25,26)14-7-5-13(6-8-14)20-28(23,24)16-4-2-3-15-17(16)19-27-18-15;/h2-8,20H,9-12H2,1H3;1H. The summed E-state index contributed by atoms with van der Waals surface area (Å²) >= 11 is 0. The molecule has 2 heterocycles. The number of nitrogens with zero attached hydrogens (tertiary/aromatic N) is 4.